The number of hydrogen-bond acceptors (Lipinski definition) is 3. The number of hydrogen-bond donors (Lipinski definition) is 2. The van der Waals surface area contributed by atoms with Crippen LogP contribution in [0.5, 0.6) is 0 Å². The fourth-order valence-electron chi connectivity index (χ4n) is 3.85. The second-order valence-electron chi connectivity index (χ2n) is 9.36. The van der Waals surface area contributed by atoms with Crippen molar-refractivity contribution in [1.29, 1.82) is 0 Å². The molecule has 1 saturated carbocycles. The van der Waals surface area contributed by atoms with Crippen LogP contribution in [0.15, 0.2) is 24.3 Å². The summed E-state index contributed by atoms with van der Waals surface area (Å²) in [6, 6.07) is 4.69. The number of benzene rings is 1. The van der Waals surface area contributed by atoms with Gasteiger partial charge in [-0.25, -0.2) is 4.98 Å². The maximum absolute atomic E-state index is 13.2. The lowest BCUT2D eigenvalue weighted by atomic mass is 9.89. The predicted octanol–water partition coefficient (Wildman–Crippen LogP) is 5.28. The van der Waals surface area contributed by atoms with Crippen LogP contribution in [0.4, 0.5) is 13.2 Å². The van der Waals surface area contributed by atoms with Gasteiger partial charge in [0, 0.05) is 12.0 Å². The largest absolute Gasteiger partial charge is 0.416 e. The van der Waals surface area contributed by atoms with Gasteiger partial charge in [-0.15, -0.1) is 0 Å². The molecule has 1 aliphatic rings. The third-order valence-corrected chi connectivity index (χ3v) is 6.24. The number of imidazole rings is 1. The van der Waals surface area contributed by atoms with E-state index >= 15 is 0 Å². The van der Waals surface area contributed by atoms with Gasteiger partial charge >= 0.3 is 6.18 Å². The van der Waals surface area contributed by atoms with Gasteiger partial charge in [-0.2, -0.15) is 13.2 Å². The van der Waals surface area contributed by atoms with E-state index in [-0.39, 0.29) is 35.7 Å². The van der Waals surface area contributed by atoms with Crippen LogP contribution in [-0.4, -0.2) is 33.7 Å². The van der Waals surface area contributed by atoms with Gasteiger partial charge in [0.25, 0.3) is 5.91 Å². The fourth-order valence-corrected chi connectivity index (χ4v) is 4.08. The second kappa shape index (κ2) is 10.8. The monoisotopic (exact) mass is 495 g/mol. The molecule has 1 aromatic heterocycles. The molecule has 34 heavy (non-hydrogen) atoms. The minimum atomic E-state index is -4.43. The average Bonchev–Trinajstić information content (AvgIpc) is 3.11. The molecule has 0 aliphatic heterocycles. The van der Waals surface area contributed by atoms with E-state index in [0.717, 1.165) is 37.8 Å². The van der Waals surface area contributed by atoms with Gasteiger partial charge in [0.05, 0.1) is 18.7 Å². The topological polar surface area (TPSA) is 67.2 Å². The smallest absolute Gasteiger partial charge is 0.395 e. The van der Waals surface area contributed by atoms with Crippen LogP contribution in [0.2, 0.25) is 5.28 Å². The molecule has 2 N–H and O–H groups in total. The summed E-state index contributed by atoms with van der Waals surface area (Å²) in [5.41, 5.74) is -0.610. The quantitative estimate of drug-likeness (QED) is 0.535. The highest BCUT2D eigenvalue weighted by molar-refractivity contribution is 6.29. The molecule has 1 aromatic carbocycles. The Bertz CT molecular complexity index is 1060. The lowest BCUT2D eigenvalue weighted by Gasteiger charge is -2.22. The fraction of sp³-hybridized carbons (Fsp3) is 0.520. The highest BCUT2D eigenvalue weighted by Gasteiger charge is 2.30. The first-order valence-corrected chi connectivity index (χ1v) is 11.7. The SMILES string of the molecule is CC(C)(C#Cc1nc(Cl)n(Cc2ccc(C(F)(F)F)cc2)c1C(=O)NCC1CCCCC1)CO. The number of aliphatic hydroxyl groups excluding tert-OH is 1. The Morgan fingerprint density at radius 1 is 1.21 bits per heavy atom. The summed E-state index contributed by atoms with van der Waals surface area (Å²) in [5, 5.41) is 12.5. The van der Waals surface area contributed by atoms with Gasteiger partial charge in [0.15, 0.2) is 0 Å². The molecule has 0 saturated heterocycles. The van der Waals surface area contributed by atoms with Crippen molar-refractivity contribution in [2.45, 2.75) is 58.7 Å². The van der Waals surface area contributed by atoms with Gasteiger partial charge in [-0.05, 0) is 67.8 Å². The van der Waals surface area contributed by atoms with Crippen LogP contribution in [-0.2, 0) is 12.7 Å². The van der Waals surface area contributed by atoms with E-state index in [2.05, 4.69) is 22.1 Å². The number of carbonyl (C=O) groups excluding carboxylic acids is 1. The van der Waals surface area contributed by atoms with E-state index in [0.29, 0.717) is 18.0 Å². The van der Waals surface area contributed by atoms with Gasteiger partial charge < -0.3 is 15.0 Å². The Hall–Kier alpha value is -2.50. The van der Waals surface area contributed by atoms with Crippen molar-refractivity contribution in [2.24, 2.45) is 11.3 Å². The minimum absolute atomic E-state index is 0.00817. The van der Waals surface area contributed by atoms with E-state index in [1.54, 1.807) is 13.8 Å². The molecule has 0 radical (unpaired) electrons. The van der Waals surface area contributed by atoms with Crippen LogP contribution >= 0.6 is 11.6 Å². The molecule has 184 valence electrons. The molecule has 9 heteroatoms. The van der Waals surface area contributed by atoms with E-state index in [1.807, 2.05) is 0 Å². The van der Waals surface area contributed by atoms with Crippen LogP contribution in [0.3, 0.4) is 0 Å². The highest BCUT2D eigenvalue weighted by Crippen LogP contribution is 2.29. The standard InChI is InChI=1S/C25H29ClF3N3O2/c1-24(2,16-33)13-12-20-21(22(34)30-14-17-6-4-3-5-7-17)32(23(26)31-20)15-18-8-10-19(11-9-18)25(27,28)29/h8-11,17,33H,3-7,14-16H2,1-2H3,(H,30,34). The van der Waals surface area contributed by atoms with Crippen molar-refractivity contribution in [3.05, 3.63) is 52.1 Å². The van der Waals surface area contributed by atoms with Crippen LogP contribution in [0, 0.1) is 23.2 Å². The summed E-state index contributed by atoms with van der Waals surface area (Å²) >= 11 is 6.36. The number of halogens is 4. The second-order valence-corrected chi connectivity index (χ2v) is 9.70. The third-order valence-electron chi connectivity index (χ3n) is 5.95. The van der Waals surface area contributed by atoms with Gasteiger partial charge in [-0.3, -0.25) is 4.79 Å². The van der Waals surface area contributed by atoms with Crippen LogP contribution in [0.25, 0.3) is 0 Å². The van der Waals surface area contributed by atoms with Crippen LogP contribution in [0.1, 0.15) is 73.3 Å². The van der Waals surface area contributed by atoms with Gasteiger partial charge in [0.2, 0.25) is 5.28 Å². The van der Waals surface area contributed by atoms with Crippen molar-refractivity contribution >= 4 is 17.5 Å². The molecular formula is C25H29ClF3N3O2. The van der Waals surface area contributed by atoms with Crippen molar-refractivity contribution in [3.8, 4) is 11.8 Å². The first kappa shape index (κ1) is 26.1. The first-order valence-electron chi connectivity index (χ1n) is 11.3. The number of aliphatic hydroxyl groups is 1. The average molecular weight is 496 g/mol. The molecule has 0 spiro atoms. The molecule has 1 aliphatic carbocycles. The van der Waals surface area contributed by atoms with E-state index in [9.17, 15) is 23.1 Å². The van der Waals surface area contributed by atoms with Gasteiger partial charge in [0.1, 0.15) is 11.4 Å². The number of rotatable bonds is 6. The first-order chi connectivity index (χ1) is 16.0. The van der Waals surface area contributed by atoms with E-state index < -0.39 is 17.2 Å². The van der Waals surface area contributed by atoms with Crippen LogP contribution < -0.4 is 5.32 Å². The maximum atomic E-state index is 13.2. The minimum Gasteiger partial charge on any atom is -0.395 e. The summed E-state index contributed by atoms with van der Waals surface area (Å²) in [6.45, 7) is 3.91. The summed E-state index contributed by atoms with van der Waals surface area (Å²) in [7, 11) is 0. The summed E-state index contributed by atoms with van der Waals surface area (Å²) < 4.78 is 40.2. The van der Waals surface area contributed by atoms with E-state index in [1.165, 1.54) is 23.1 Å². The molecular weight excluding hydrogens is 467 g/mol. The number of nitrogens with zero attached hydrogens (tertiary/aromatic N) is 2. The predicted molar refractivity (Wildman–Crippen MR) is 124 cm³/mol. The van der Waals surface area contributed by atoms with Gasteiger partial charge in [-0.1, -0.05) is 37.3 Å². The van der Waals surface area contributed by atoms with Crippen molar-refractivity contribution < 1.29 is 23.1 Å². The number of amides is 1. The molecule has 1 heterocycles. The third kappa shape index (κ3) is 6.77. The van der Waals surface area contributed by atoms with E-state index in [4.69, 9.17) is 11.6 Å². The van der Waals surface area contributed by atoms with Crippen molar-refractivity contribution in [2.75, 3.05) is 13.2 Å². The molecule has 2 aromatic rings. The lowest BCUT2D eigenvalue weighted by molar-refractivity contribution is -0.137. The molecule has 5 nitrogen and oxygen atoms in total. The summed E-state index contributed by atoms with van der Waals surface area (Å²) in [5.74, 6) is 5.80. The Kier molecular flexibility index (Phi) is 8.32. The Morgan fingerprint density at radius 3 is 2.44 bits per heavy atom. The Morgan fingerprint density at radius 2 is 1.85 bits per heavy atom. The Labute approximate surface area is 202 Å². The number of nitrogens with one attached hydrogen (secondary N) is 1. The Balaban J connectivity index is 1.91. The lowest BCUT2D eigenvalue weighted by Crippen LogP contribution is -2.32. The molecule has 0 atom stereocenters. The van der Waals surface area contributed by atoms with Crippen molar-refractivity contribution in [1.82, 2.24) is 14.9 Å². The zero-order valence-corrected chi connectivity index (χ0v) is 20.1. The molecule has 0 unspecified atom stereocenters. The zero-order valence-electron chi connectivity index (χ0n) is 19.3. The molecule has 0 bridgehead atoms. The zero-order chi connectivity index (χ0) is 24.9. The highest BCUT2D eigenvalue weighted by atomic mass is 35.5. The summed E-state index contributed by atoms with van der Waals surface area (Å²) in [4.78, 5) is 17.5. The van der Waals surface area contributed by atoms with Crippen molar-refractivity contribution in [3.63, 3.8) is 0 Å². The normalized spacial score (nSPS) is 15.0. The molecule has 1 amide bonds. The number of carbonyl (C=O) groups is 1. The summed E-state index contributed by atoms with van der Waals surface area (Å²) in [6.07, 6.45) is 1.18. The maximum Gasteiger partial charge on any atom is 0.416 e. The number of aromatic nitrogens is 2. The number of alkyl halides is 3. The molecule has 3 rings (SSSR count). The molecule has 1 fully saturated rings.